The van der Waals surface area contributed by atoms with Gasteiger partial charge in [0.25, 0.3) is 0 Å². The van der Waals surface area contributed by atoms with Crippen LogP contribution in [0.25, 0.3) is 10.4 Å². The van der Waals surface area contributed by atoms with Crippen molar-refractivity contribution in [3.63, 3.8) is 0 Å². The largest absolute Gasteiger partial charge is 0.496 e. The van der Waals surface area contributed by atoms with E-state index in [0.29, 0.717) is 17.9 Å². The van der Waals surface area contributed by atoms with Crippen LogP contribution in [-0.4, -0.2) is 20.2 Å². The lowest BCUT2D eigenvalue weighted by molar-refractivity contribution is 0.0358. The fraction of sp³-hybridized carbons (Fsp3) is 0.647. The smallest absolute Gasteiger partial charge is 0.122 e. The summed E-state index contributed by atoms with van der Waals surface area (Å²) in [4.78, 5) is 2.87. The van der Waals surface area contributed by atoms with Crippen molar-refractivity contribution in [2.75, 3.05) is 25.5 Å². The van der Waals surface area contributed by atoms with Crippen LogP contribution in [-0.2, 0) is 6.42 Å². The average molecular weight is 300 g/mol. The molecule has 118 valence electrons. The molecule has 0 aromatic heterocycles. The number of fused-ring (bicyclic) bond motifs is 1. The SMILES string of the molecule is COc1cc2c(c(C)c1C)NCC1(CCC1CCN=[N+]=[N-])C2. The third kappa shape index (κ3) is 2.30. The van der Waals surface area contributed by atoms with E-state index in [1.54, 1.807) is 7.11 Å². The van der Waals surface area contributed by atoms with Crippen LogP contribution in [0, 0.1) is 25.2 Å². The Bertz CT molecular complexity index is 636. The van der Waals surface area contributed by atoms with E-state index in [2.05, 4.69) is 35.3 Å². The van der Waals surface area contributed by atoms with Gasteiger partial charge in [0.1, 0.15) is 5.75 Å². The summed E-state index contributed by atoms with van der Waals surface area (Å²) < 4.78 is 5.54. The van der Waals surface area contributed by atoms with Crippen molar-refractivity contribution >= 4 is 5.69 Å². The van der Waals surface area contributed by atoms with Crippen molar-refractivity contribution in [1.82, 2.24) is 0 Å². The van der Waals surface area contributed by atoms with Crippen molar-refractivity contribution in [3.05, 3.63) is 33.2 Å². The molecule has 0 amide bonds. The van der Waals surface area contributed by atoms with Gasteiger partial charge in [-0.2, -0.15) is 0 Å². The molecule has 1 aromatic rings. The van der Waals surface area contributed by atoms with E-state index in [1.165, 1.54) is 35.2 Å². The van der Waals surface area contributed by atoms with E-state index in [9.17, 15) is 0 Å². The van der Waals surface area contributed by atoms with Gasteiger partial charge in [0.2, 0.25) is 0 Å². The fourth-order valence-electron chi connectivity index (χ4n) is 4.19. The molecular formula is C17H24N4O. The Hall–Kier alpha value is -1.87. The number of hydrogen-bond donors (Lipinski definition) is 1. The van der Waals surface area contributed by atoms with Gasteiger partial charge < -0.3 is 10.1 Å². The van der Waals surface area contributed by atoms with E-state index >= 15 is 0 Å². The van der Waals surface area contributed by atoms with Gasteiger partial charge in [0.15, 0.2) is 0 Å². The number of hydrogen-bond acceptors (Lipinski definition) is 3. The number of nitrogens with zero attached hydrogens (tertiary/aromatic N) is 3. The minimum absolute atomic E-state index is 0.338. The zero-order valence-corrected chi connectivity index (χ0v) is 13.6. The molecule has 5 heteroatoms. The molecule has 1 spiro atoms. The monoisotopic (exact) mass is 300 g/mol. The summed E-state index contributed by atoms with van der Waals surface area (Å²) in [6.07, 6.45) is 4.62. The summed E-state index contributed by atoms with van der Waals surface area (Å²) in [5, 5.41) is 7.39. The topological polar surface area (TPSA) is 70.0 Å². The molecule has 5 nitrogen and oxygen atoms in total. The van der Waals surface area contributed by atoms with Crippen molar-refractivity contribution in [1.29, 1.82) is 0 Å². The Kier molecular flexibility index (Phi) is 3.92. The molecule has 2 aliphatic rings. The van der Waals surface area contributed by atoms with Crippen LogP contribution in [0.4, 0.5) is 5.69 Å². The number of nitrogens with one attached hydrogen (secondary N) is 1. The van der Waals surface area contributed by atoms with E-state index in [4.69, 9.17) is 10.3 Å². The maximum Gasteiger partial charge on any atom is 0.122 e. The molecule has 1 aliphatic heterocycles. The van der Waals surface area contributed by atoms with Crippen molar-refractivity contribution in [2.45, 2.75) is 39.5 Å². The molecule has 3 rings (SSSR count). The van der Waals surface area contributed by atoms with E-state index in [0.717, 1.165) is 25.1 Å². The van der Waals surface area contributed by atoms with Crippen LogP contribution in [0.2, 0.25) is 0 Å². The number of rotatable bonds is 4. The van der Waals surface area contributed by atoms with E-state index in [-0.39, 0.29) is 0 Å². The molecule has 22 heavy (non-hydrogen) atoms. The maximum atomic E-state index is 8.45. The highest BCUT2D eigenvalue weighted by molar-refractivity contribution is 5.65. The van der Waals surface area contributed by atoms with Gasteiger partial charge in [-0.15, -0.1) is 0 Å². The summed E-state index contributed by atoms with van der Waals surface area (Å²) >= 11 is 0. The van der Waals surface area contributed by atoms with Crippen LogP contribution in [0.3, 0.4) is 0 Å². The van der Waals surface area contributed by atoms with Crippen LogP contribution in [0.15, 0.2) is 11.2 Å². The quantitative estimate of drug-likeness (QED) is 0.509. The molecular weight excluding hydrogens is 276 g/mol. The number of benzene rings is 1. The Morgan fingerprint density at radius 2 is 2.27 bits per heavy atom. The zero-order valence-electron chi connectivity index (χ0n) is 13.6. The van der Waals surface area contributed by atoms with Crippen molar-refractivity contribution in [3.8, 4) is 5.75 Å². The summed E-state index contributed by atoms with van der Waals surface area (Å²) in [5.41, 5.74) is 14.0. The van der Waals surface area contributed by atoms with Gasteiger partial charge in [0.05, 0.1) is 7.11 Å². The highest BCUT2D eigenvalue weighted by atomic mass is 16.5. The minimum atomic E-state index is 0.338. The first-order valence-electron chi connectivity index (χ1n) is 8.03. The lowest BCUT2D eigenvalue weighted by Crippen LogP contribution is -2.49. The second kappa shape index (κ2) is 5.73. The zero-order chi connectivity index (χ0) is 15.7. The first kappa shape index (κ1) is 15.0. The third-order valence-corrected chi connectivity index (χ3v) is 5.81. The molecule has 1 aliphatic carbocycles. The van der Waals surface area contributed by atoms with Gasteiger partial charge in [0, 0.05) is 23.7 Å². The molecule has 1 saturated carbocycles. The third-order valence-electron chi connectivity index (χ3n) is 5.81. The lowest BCUT2D eigenvalue weighted by atomic mass is 9.55. The van der Waals surface area contributed by atoms with Gasteiger partial charge in [-0.25, -0.2) is 0 Å². The van der Waals surface area contributed by atoms with Crippen LogP contribution in [0.1, 0.15) is 36.0 Å². The molecule has 0 bridgehead atoms. The Morgan fingerprint density at radius 3 is 2.91 bits per heavy atom. The summed E-state index contributed by atoms with van der Waals surface area (Å²) in [6.45, 7) is 5.94. The van der Waals surface area contributed by atoms with Gasteiger partial charge >= 0.3 is 0 Å². The predicted molar refractivity (Wildman–Crippen MR) is 88.4 cm³/mol. The molecule has 2 atom stereocenters. The molecule has 1 fully saturated rings. The molecule has 2 unspecified atom stereocenters. The Labute approximate surface area is 131 Å². The molecule has 1 N–H and O–H groups in total. The normalized spacial score (nSPS) is 25.7. The Balaban J connectivity index is 1.84. The second-order valence-electron chi connectivity index (χ2n) is 6.73. The number of methoxy groups -OCH3 is 1. The number of azide groups is 1. The van der Waals surface area contributed by atoms with E-state index < -0.39 is 0 Å². The summed E-state index contributed by atoms with van der Waals surface area (Å²) in [7, 11) is 1.74. The minimum Gasteiger partial charge on any atom is -0.496 e. The fourth-order valence-corrected chi connectivity index (χ4v) is 4.19. The highest BCUT2D eigenvalue weighted by Gasteiger charge is 2.48. The van der Waals surface area contributed by atoms with Crippen molar-refractivity contribution < 1.29 is 4.74 Å². The first-order chi connectivity index (χ1) is 10.6. The lowest BCUT2D eigenvalue weighted by Gasteiger charge is -2.53. The maximum absolute atomic E-state index is 8.45. The standard InChI is InChI=1S/C17H24N4O/c1-11-12(2)16-13(8-15(11)22-3)9-17(10-19-16)6-4-14(17)5-7-20-21-18/h8,14,19H,4-7,9-10H2,1-3H3. The van der Waals surface area contributed by atoms with Gasteiger partial charge in [-0.05, 0) is 79.2 Å². The first-order valence-corrected chi connectivity index (χ1v) is 8.03. The number of anilines is 1. The van der Waals surface area contributed by atoms with Crippen LogP contribution < -0.4 is 10.1 Å². The van der Waals surface area contributed by atoms with Gasteiger partial charge in [-0.1, -0.05) is 5.11 Å². The predicted octanol–water partition coefficient (Wildman–Crippen LogP) is 4.38. The summed E-state index contributed by atoms with van der Waals surface area (Å²) in [6, 6.07) is 2.20. The number of ether oxygens (including phenoxy) is 1. The van der Waals surface area contributed by atoms with Crippen molar-refractivity contribution in [2.24, 2.45) is 16.4 Å². The molecule has 0 radical (unpaired) electrons. The summed E-state index contributed by atoms with van der Waals surface area (Å²) in [5.74, 6) is 1.64. The molecule has 1 heterocycles. The van der Waals surface area contributed by atoms with Gasteiger partial charge in [-0.3, -0.25) is 0 Å². The highest BCUT2D eigenvalue weighted by Crippen LogP contribution is 2.54. The average Bonchev–Trinajstić information content (AvgIpc) is 2.53. The Morgan fingerprint density at radius 1 is 1.45 bits per heavy atom. The molecule has 1 aromatic carbocycles. The van der Waals surface area contributed by atoms with Crippen LogP contribution >= 0.6 is 0 Å². The second-order valence-corrected chi connectivity index (χ2v) is 6.73. The van der Waals surface area contributed by atoms with E-state index in [1.807, 2.05) is 0 Å². The molecule has 0 saturated heterocycles. The van der Waals surface area contributed by atoms with Crippen LogP contribution in [0.5, 0.6) is 5.75 Å².